The van der Waals surface area contributed by atoms with Crippen LogP contribution in [0.15, 0.2) is 0 Å². The van der Waals surface area contributed by atoms with Crippen molar-refractivity contribution < 1.29 is 28.2 Å². The minimum absolute atomic E-state index is 0.0136. The van der Waals surface area contributed by atoms with Crippen LogP contribution in [0.3, 0.4) is 0 Å². The summed E-state index contributed by atoms with van der Waals surface area (Å²) in [5.41, 5.74) is -3.17. The van der Waals surface area contributed by atoms with E-state index in [0.29, 0.717) is 25.2 Å². The highest BCUT2D eigenvalue weighted by molar-refractivity contribution is 5.79. The van der Waals surface area contributed by atoms with Gasteiger partial charge in [-0.15, -0.1) is 0 Å². The topological polar surface area (TPSA) is 57.5 Å². The lowest BCUT2D eigenvalue weighted by Crippen LogP contribution is -2.62. The quantitative estimate of drug-likeness (QED) is 0.679. The van der Waals surface area contributed by atoms with Gasteiger partial charge in [-0.1, -0.05) is 13.8 Å². The molecule has 0 saturated heterocycles. The predicted molar refractivity (Wildman–Crippen MR) is 98.3 cm³/mol. The SMILES string of the molecule is CC(=O)[C@H]1CC[C@H]2[C@@H]3CC[C@@H]4C[C@](O)(C(F)(F)F)CC[C@]4(C)[C@H]3[C@H](O)C[C@]12C. The molecule has 4 saturated carbocycles. The molecular formula is C22H33F3O3. The van der Waals surface area contributed by atoms with Gasteiger partial charge in [0.1, 0.15) is 5.78 Å². The summed E-state index contributed by atoms with van der Waals surface area (Å²) in [4.78, 5) is 12.2. The van der Waals surface area contributed by atoms with E-state index in [1.54, 1.807) is 6.92 Å². The van der Waals surface area contributed by atoms with E-state index < -0.39 is 17.9 Å². The van der Waals surface area contributed by atoms with E-state index in [9.17, 15) is 28.2 Å². The highest BCUT2D eigenvalue weighted by Crippen LogP contribution is 2.68. The molecule has 4 aliphatic carbocycles. The maximum atomic E-state index is 13.4. The lowest BCUT2D eigenvalue weighted by Gasteiger charge is -2.63. The van der Waals surface area contributed by atoms with Gasteiger partial charge in [0.15, 0.2) is 5.60 Å². The molecule has 0 aliphatic heterocycles. The maximum Gasteiger partial charge on any atom is 0.417 e. The number of aliphatic hydroxyl groups is 2. The molecule has 4 fully saturated rings. The van der Waals surface area contributed by atoms with E-state index in [4.69, 9.17) is 0 Å². The van der Waals surface area contributed by atoms with Crippen LogP contribution in [0.4, 0.5) is 13.2 Å². The van der Waals surface area contributed by atoms with Gasteiger partial charge < -0.3 is 10.2 Å². The highest BCUT2D eigenvalue weighted by Gasteiger charge is 2.67. The van der Waals surface area contributed by atoms with Crippen LogP contribution < -0.4 is 0 Å². The third-order valence-electron chi connectivity index (χ3n) is 9.67. The minimum Gasteiger partial charge on any atom is -0.393 e. The Balaban J connectivity index is 1.64. The zero-order valence-electron chi connectivity index (χ0n) is 17.1. The van der Waals surface area contributed by atoms with Crippen LogP contribution in [0.25, 0.3) is 0 Å². The third kappa shape index (κ3) is 2.65. The van der Waals surface area contributed by atoms with Crippen LogP contribution in [0.1, 0.15) is 72.1 Å². The van der Waals surface area contributed by atoms with Gasteiger partial charge >= 0.3 is 6.18 Å². The summed E-state index contributed by atoms with van der Waals surface area (Å²) in [6.45, 7) is 5.84. The van der Waals surface area contributed by atoms with Gasteiger partial charge in [0.2, 0.25) is 0 Å². The van der Waals surface area contributed by atoms with Crippen LogP contribution >= 0.6 is 0 Å². The highest BCUT2D eigenvalue weighted by atomic mass is 19.4. The zero-order valence-corrected chi connectivity index (χ0v) is 17.1. The predicted octanol–water partition coefficient (Wildman–Crippen LogP) is 4.50. The molecule has 0 spiro atoms. The molecule has 2 N–H and O–H groups in total. The molecule has 0 aromatic carbocycles. The molecule has 160 valence electrons. The van der Waals surface area contributed by atoms with Crippen molar-refractivity contribution >= 4 is 5.78 Å². The number of alkyl halides is 3. The van der Waals surface area contributed by atoms with Crippen molar-refractivity contribution in [2.45, 2.75) is 90.0 Å². The fraction of sp³-hybridized carbons (Fsp3) is 0.955. The van der Waals surface area contributed by atoms with Crippen LogP contribution in [-0.2, 0) is 4.79 Å². The molecule has 0 heterocycles. The van der Waals surface area contributed by atoms with Crippen molar-refractivity contribution in [3.8, 4) is 0 Å². The Hall–Kier alpha value is -0.620. The Morgan fingerprint density at radius 3 is 2.29 bits per heavy atom. The van der Waals surface area contributed by atoms with E-state index in [1.165, 1.54) is 0 Å². The third-order valence-corrected chi connectivity index (χ3v) is 9.67. The number of hydrogen-bond donors (Lipinski definition) is 2. The van der Waals surface area contributed by atoms with Crippen LogP contribution in [0.2, 0.25) is 0 Å². The number of carbonyl (C=O) groups excluding carboxylic acids is 1. The fourth-order valence-corrected chi connectivity index (χ4v) is 8.30. The Bertz CT molecular complexity index is 664. The smallest absolute Gasteiger partial charge is 0.393 e. The van der Waals surface area contributed by atoms with E-state index in [0.717, 1.165) is 19.3 Å². The summed E-state index contributed by atoms with van der Waals surface area (Å²) in [6.07, 6.45) is -1.56. The van der Waals surface area contributed by atoms with Gasteiger partial charge in [0.05, 0.1) is 6.10 Å². The number of Topliss-reactive ketones (excluding diaryl/α,β-unsaturated/α-hetero) is 1. The average Bonchev–Trinajstić information content (AvgIpc) is 2.91. The van der Waals surface area contributed by atoms with E-state index in [1.807, 2.05) is 6.92 Å². The number of rotatable bonds is 1. The van der Waals surface area contributed by atoms with Gasteiger partial charge in [-0.2, -0.15) is 13.2 Å². The average molecular weight is 402 g/mol. The summed E-state index contributed by atoms with van der Waals surface area (Å²) >= 11 is 0. The standard InChI is InChI=1S/C22H33F3O3/c1-12(26)15-6-7-16-14-5-4-13-10-21(28,22(23,24)25)9-8-19(13,2)18(14)17(27)11-20(15,16)3/h13-18,27-28H,4-11H2,1-3H3/t13-,14+,15-,16+,17-,18-,19+,20-,21+/m1/s1. The summed E-state index contributed by atoms with van der Waals surface area (Å²) in [5.74, 6) is 0.544. The largest absolute Gasteiger partial charge is 0.417 e. The molecule has 0 aromatic rings. The van der Waals surface area contributed by atoms with Crippen molar-refractivity contribution in [3.63, 3.8) is 0 Å². The first kappa shape index (κ1) is 20.6. The second-order valence-corrected chi connectivity index (χ2v) is 10.8. The first-order chi connectivity index (χ1) is 12.8. The monoisotopic (exact) mass is 402 g/mol. The van der Waals surface area contributed by atoms with Gasteiger partial charge in [0.25, 0.3) is 0 Å². The molecule has 28 heavy (non-hydrogen) atoms. The Kier molecular flexibility index (Phi) is 4.57. The summed E-state index contributed by atoms with van der Waals surface area (Å²) < 4.78 is 40.3. The van der Waals surface area contributed by atoms with Crippen LogP contribution in [-0.4, -0.2) is 33.9 Å². The second-order valence-electron chi connectivity index (χ2n) is 10.8. The summed E-state index contributed by atoms with van der Waals surface area (Å²) in [6, 6.07) is 0. The number of carbonyl (C=O) groups is 1. The number of aliphatic hydroxyl groups excluding tert-OH is 1. The van der Waals surface area contributed by atoms with Gasteiger partial charge in [-0.05, 0) is 92.8 Å². The van der Waals surface area contributed by atoms with Crippen molar-refractivity contribution in [1.82, 2.24) is 0 Å². The normalized spacial score (nSPS) is 53.9. The minimum atomic E-state index is -4.60. The number of ketones is 1. The molecule has 0 bridgehead atoms. The van der Waals surface area contributed by atoms with E-state index >= 15 is 0 Å². The van der Waals surface area contributed by atoms with Crippen LogP contribution in [0, 0.1) is 40.4 Å². The van der Waals surface area contributed by atoms with Crippen LogP contribution in [0.5, 0.6) is 0 Å². The molecule has 0 unspecified atom stereocenters. The molecular weight excluding hydrogens is 369 g/mol. The van der Waals surface area contributed by atoms with Crippen molar-refractivity contribution in [2.24, 2.45) is 40.4 Å². The molecule has 0 aromatic heterocycles. The maximum absolute atomic E-state index is 13.4. The second kappa shape index (κ2) is 6.19. The number of fused-ring (bicyclic) bond motifs is 5. The lowest BCUT2D eigenvalue weighted by atomic mass is 9.43. The number of hydrogen-bond acceptors (Lipinski definition) is 3. The molecule has 4 rings (SSSR count). The molecule has 0 radical (unpaired) electrons. The van der Waals surface area contributed by atoms with Gasteiger partial charge in [0, 0.05) is 5.92 Å². The molecule has 0 amide bonds. The van der Waals surface area contributed by atoms with E-state index in [-0.39, 0.29) is 53.1 Å². The fourth-order valence-electron chi connectivity index (χ4n) is 8.30. The van der Waals surface area contributed by atoms with Crippen molar-refractivity contribution in [3.05, 3.63) is 0 Å². The van der Waals surface area contributed by atoms with Gasteiger partial charge in [-0.3, -0.25) is 4.79 Å². The molecule has 4 aliphatic rings. The molecule has 9 atom stereocenters. The first-order valence-electron chi connectivity index (χ1n) is 10.8. The van der Waals surface area contributed by atoms with Crippen molar-refractivity contribution in [1.29, 1.82) is 0 Å². The van der Waals surface area contributed by atoms with Crippen molar-refractivity contribution in [2.75, 3.05) is 0 Å². The Morgan fingerprint density at radius 1 is 1.00 bits per heavy atom. The van der Waals surface area contributed by atoms with E-state index in [2.05, 4.69) is 6.92 Å². The van der Waals surface area contributed by atoms with Gasteiger partial charge in [-0.25, -0.2) is 0 Å². The summed E-state index contributed by atoms with van der Waals surface area (Å²) in [7, 11) is 0. The molecule has 6 heteroatoms. The Morgan fingerprint density at radius 2 is 1.68 bits per heavy atom. The molecule has 3 nitrogen and oxygen atoms in total. The first-order valence-corrected chi connectivity index (χ1v) is 10.8. The summed E-state index contributed by atoms with van der Waals surface area (Å²) in [5, 5.41) is 21.5. The zero-order chi connectivity index (χ0) is 20.7. The number of halogens is 3. The lowest BCUT2D eigenvalue weighted by molar-refractivity contribution is -0.293. The Labute approximate surface area is 165 Å².